The predicted octanol–water partition coefficient (Wildman–Crippen LogP) is 2.58. The average molecular weight is 335 g/mol. The second-order valence-electron chi connectivity index (χ2n) is 5.84. The van der Waals surface area contributed by atoms with Crippen LogP contribution < -0.4 is 5.73 Å². The number of amides is 1. The Bertz CT molecular complexity index is 251. The molecule has 0 aliphatic rings. The molecule has 0 saturated heterocycles. The van der Waals surface area contributed by atoms with Crippen molar-refractivity contribution in [1.82, 2.24) is 0 Å². The maximum Gasteiger partial charge on any atom is 0.404 e. The van der Waals surface area contributed by atoms with Crippen molar-refractivity contribution >= 4 is 6.09 Å². The van der Waals surface area contributed by atoms with Gasteiger partial charge in [-0.1, -0.05) is 52.4 Å². The Kier molecular flexibility index (Phi) is 20.4. The van der Waals surface area contributed by atoms with E-state index in [1.807, 2.05) is 0 Å². The largest absolute Gasteiger partial charge is 0.449 e. The molecule has 0 aromatic heterocycles. The van der Waals surface area contributed by atoms with Crippen LogP contribution >= 0.6 is 0 Å². The number of rotatable bonds is 13. The first kappa shape index (κ1) is 24.4. The van der Waals surface area contributed by atoms with E-state index in [-0.39, 0.29) is 19.6 Å². The van der Waals surface area contributed by atoms with E-state index in [1.165, 1.54) is 38.5 Å². The summed E-state index contributed by atoms with van der Waals surface area (Å²) in [5, 5.41) is 24.6. The molecule has 6 nitrogen and oxygen atoms in total. The van der Waals surface area contributed by atoms with Gasteiger partial charge in [-0.15, -0.1) is 0 Å². The molecule has 0 fully saturated rings. The summed E-state index contributed by atoms with van der Waals surface area (Å²) in [4.78, 5) is 10.6. The Balaban J connectivity index is 0. The Morgan fingerprint density at radius 1 is 1.00 bits per heavy atom. The van der Waals surface area contributed by atoms with Gasteiger partial charge in [0.25, 0.3) is 0 Å². The first-order chi connectivity index (χ1) is 11.0. The zero-order valence-corrected chi connectivity index (χ0v) is 14.9. The summed E-state index contributed by atoms with van der Waals surface area (Å²) in [5.41, 5.74) is 4.98. The average Bonchev–Trinajstić information content (AvgIpc) is 2.53. The van der Waals surface area contributed by atoms with Crippen LogP contribution in [0.3, 0.4) is 0 Å². The number of aliphatic hydroxyl groups is 3. The molecular weight excluding hydrogens is 298 g/mol. The summed E-state index contributed by atoms with van der Waals surface area (Å²) in [7, 11) is 0. The topological polar surface area (TPSA) is 113 Å². The van der Waals surface area contributed by atoms with Crippen LogP contribution in [-0.2, 0) is 4.74 Å². The van der Waals surface area contributed by atoms with Gasteiger partial charge < -0.3 is 25.8 Å². The molecular formula is C17H37NO5. The van der Waals surface area contributed by atoms with Crippen LogP contribution in [0.2, 0.25) is 0 Å². The van der Waals surface area contributed by atoms with Gasteiger partial charge in [-0.2, -0.15) is 0 Å². The van der Waals surface area contributed by atoms with Crippen molar-refractivity contribution in [3.05, 3.63) is 0 Å². The highest BCUT2D eigenvalue weighted by Crippen LogP contribution is 2.17. The molecule has 0 bridgehead atoms. The van der Waals surface area contributed by atoms with Crippen LogP contribution in [-0.4, -0.2) is 47.3 Å². The third-order valence-electron chi connectivity index (χ3n) is 3.57. The van der Waals surface area contributed by atoms with E-state index in [0.29, 0.717) is 12.5 Å². The van der Waals surface area contributed by atoms with Gasteiger partial charge in [0, 0.05) is 6.61 Å². The minimum Gasteiger partial charge on any atom is -0.449 e. The maximum absolute atomic E-state index is 10.6. The van der Waals surface area contributed by atoms with Crippen molar-refractivity contribution in [2.75, 3.05) is 19.8 Å². The van der Waals surface area contributed by atoms with E-state index >= 15 is 0 Å². The smallest absolute Gasteiger partial charge is 0.404 e. The molecule has 0 rings (SSSR count). The Morgan fingerprint density at radius 2 is 1.61 bits per heavy atom. The predicted molar refractivity (Wildman–Crippen MR) is 92.1 cm³/mol. The molecule has 23 heavy (non-hydrogen) atoms. The van der Waals surface area contributed by atoms with Gasteiger partial charge in [-0.25, -0.2) is 4.79 Å². The standard InChI is InChI=1S/C13H27NO2.C4H10O3/c1-3-5-7-8-10-12(9-6-4-2)11-16-13(14)15;5-2-1-4(7)3-6/h12H,3-11H2,1-2H3,(H2,14,15);4-7H,1-3H2. The van der Waals surface area contributed by atoms with E-state index in [4.69, 9.17) is 25.8 Å². The van der Waals surface area contributed by atoms with E-state index in [0.717, 1.165) is 12.8 Å². The molecule has 0 radical (unpaired) electrons. The number of hydrogen-bond acceptors (Lipinski definition) is 5. The van der Waals surface area contributed by atoms with Crippen molar-refractivity contribution in [2.24, 2.45) is 11.7 Å². The quantitative estimate of drug-likeness (QED) is 0.386. The second kappa shape index (κ2) is 19.2. The van der Waals surface area contributed by atoms with E-state index in [9.17, 15) is 4.79 Å². The van der Waals surface area contributed by atoms with Crippen LogP contribution in [0.15, 0.2) is 0 Å². The van der Waals surface area contributed by atoms with Gasteiger partial charge in [0.15, 0.2) is 0 Å². The molecule has 140 valence electrons. The molecule has 5 N–H and O–H groups in total. The van der Waals surface area contributed by atoms with Crippen molar-refractivity contribution < 1.29 is 24.9 Å². The summed E-state index contributed by atoms with van der Waals surface area (Å²) < 4.78 is 4.90. The highest BCUT2D eigenvalue weighted by atomic mass is 16.5. The number of hydrogen-bond donors (Lipinski definition) is 4. The molecule has 0 saturated carbocycles. The Labute approximate surface area is 141 Å². The number of nitrogens with two attached hydrogens (primary N) is 1. The number of carbonyl (C=O) groups excluding carboxylic acids is 1. The molecule has 2 unspecified atom stereocenters. The van der Waals surface area contributed by atoms with Gasteiger partial charge in [0.1, 0.15) is 0 Å². The SMILES string of the molecule is CCCCCCC(CCCC)COC(N)=O.OCCC(O)CO. The van der Waals surface area contributed by atoms with Crippen molar-refractivity contribution in [3.8, 4) is 0 Å². The summed E-state index contributed by atoms with van der Waals surface area (Å²) in [6.45, 7) is 4.57. The molecule has 0 heterocycles. The van der Waals surface area contributed by atoms with Crippen molar-refractivity contribution in [1.29, 1.82) is 0 Å². The fraction of sp³-hybridized carbons (Fsp3) is 0.941. The van der Waals surface area contributed by atoms with Crippen molar-refractivity contribution in [3.63, 3.8) is 0 Å². The third kappa shape index (κ3) is 21.1. The van der Waals surface area contributed by atoms with E-state index < -0.39 is 12.2 Å². The zero-order chi connectivity index (χ0) is 17.9. The molecule has 6 heteroatoms. The first-order valence-corrected chi connectivity index (χ1v) is 8.83. The highest BCUT2D eigenvalue weighted by Gasteiger charge is 2.10. The normalized spacial score (nSPS) is 12.9. The number of primary amides is 1. The van der Waals surface area contributed by atoms with Crippen LogP contribution in [0, 0.1) is 5.92 Å². The monoisotopic (exact) mass is 335 g/mol. The van der Waals surface area contributed by atoms with E-state index in [1.54, 1.807) is 0 Å². The lowest BCUT2D eigenvalue weighted by Crippen LogP contribution is -2.19. The first-order valence-electron chi connectivity index (χ1n) is 8.83. The van der Waals surface area contributed by atoms with Crippen LogP contribution in [0.1, 0.15) is 71.6 Å². The molecule has 0 aromatic rings. The lowest BCUT2D eigenvalue weighted by Gasteiger charge is -2.15. The van der Waals surface area contributed by atoms with E-state index in [2.05, 4.69) is 13.8 Å². The minimum atomic E-state index is -0.745. The molecule has 0 aromatic carbocycles. The number of aliphatic hydroxyl groups excluding tert-OH is 3. The lowest BCUT2D eigenvalue weighted by atomic mass is 9.96. The van der Waals surface area contributed by atoms with Gasteiger partial charge in [-0.05, 0) is 25.2 Å². The van der Waals surface area contributed by atoms with Crippen molar-refractivity contribution in [2.45, 2.75) is 77.7 Å². The molecule has 2 atom stereocenters. The Morgan fingerprint density at radius 3 is 2.04 bits per heavy atom. The summed E-state index contributed by atoms with van der Waals surface area (Å²) in [5.74, 6) is 0.504. The third-order valence-corrected chi connectivity index (χ3v) is 3.57. The molecule has 0 aliphatic carbocycles. The van der Waals surface area contributed by atoms with Gasteiger partial charge >= 0.3 is 6.09 Å². The molecule has 0 aliphatic heterocycles. The number of ether oxygens (including phenoxy) is 1. The number of carbonyl (C=O) groups is 1. The lowest BCUT2D eigenvalue weighted by molar-refractivity contribution is 0.0721. The summed E-state index contributed by atoms with van der Waals surface area (Å²) in [6, 6.07) is 0. The minimum absolute atomic E-state index is 0.0677. The summed E-state index contributed by atoms with van der Waals surface area (Å²) >= 11 is 0. The highest BCUT2D eigenvalue weighted by molar-refractivity contribution is 5.64. The molecule has 1 amide bonds. The Hall–Kier alpha value is -0.850. The van der Waals surface area contributed by atoms with Crippen LogP contribution in [0.5, 0.6) is 0 Å². The van der Waals surface area contributed by atoms with Gasteiger partial charge in [0.05, 0.1) is 19.3 Å². The second-order valence-corrected chi connectivity index (χ2v) is 5.84. The zero-order valence-electron chi connectivity index (χ0n) is 14.9. The summed E-state index contributed by atoms with van der Waals surface area (Å²) in [6.07, 6.45) is 8.68. The maximum atomic E-state index is 10.6. The fourth-order valence-electron chi connectivity index (χ4n) is 2.10. The van der Waals surface area contributed by atoms with Gasteiger partial charge in [0.2, 0.25) is 0 Å². The fourth-order valence-corrected chi connectivity index (χ4v) is 2.10. The van der Waals surface area contributed by atoms with Crippen LogP contribution in [0.4, 0.5) is 4.79 Å². The van der Waals surface area contributed by atoms with Gasteiger partial charge in [-0.3, -0.25) is 0 Å². The number of unbranched alkanes of at least 4 members (excludes halogenated alkanes) is 4. The molecule has 0 spiro atoms. The van der Waals surface area contributed by atoms with Crippen LogP contribution in [0.25, 0.3) is 0 Å².